The molecule has 0 saturated heterocycles. The fourth-order valence-corrected chi connectivity index (χ4v) is 5.19. The lowest BCUT2D eigenvalue weighted by atomic mass is 10.1. The van der Waals surface area contributed by atoms with Gasteiger partial charge in [-0.3, -0.25) is 4.72 Å². The number of hydrogen-bond acceptors (Lipinski definition) is 5. The number of halogens is 3. The molecular formula is C17H15F3N2O3S2. The molecule has 0 aliphatic rings. The number of benzene rings is 1. The van der Waals surface area contributed by atoms with Crippen LogP contribution in [-0.4, -0.2) is 13.6 Å². The van der Waals surface area contributed by atoms with Crippen LogP contribution in [0.5, 0.6) is 0 Å². The molecule has 144 valence electrons. The van der Waals surface area contributed by atoms with Gasteiger partial charge in [-0.1, -0.05) is 22.9 Å². The van der Waals surface area contributed by atoms with Gasteiger partial charge in [0.1, 0.15) is 10.6 Å². The number of nitrogens with zero attached hydrogens (tertiary/aromatic N) is 1. The zero-order chi connectivity index (χ0) is 20.0. The van der Waals surface area contributed by atoms with Crippen molar-refractivity contribution in [3.63, 3.8) is 0 Å². The van der Waals surface area contributed by atoms with E-state index in [1.807, 2.05) is 13.0 Å². The summed E-state index contributed by atoms with van der Waals surface area (Å²) >= 11 is 1.03. The third-order valence-corrected chi connectivity index (χ3v) is 6.52. The maximum atomic E-state index is 12.7. The van der Waals surface area contributed by atoms with E-state index < -0.39 is 22.0 Å². The fraction of sp³-hybridized carbons (Fsp3) is 0.235. The summed E-state index contributed by atoms with van der Waals surface area (Å²) in [6.45, 7) is 5.26. The highest BCUT2D eigenvalue weighted by molar-refractivity contribution is 7.93. The number of sulfonamides is 1. The molecule has 3 aromatic rings. The van der Waals surface area contributed by atoms with Crippen molar-refractivity contribution in [2.75, 3.05) is 4.72 Å². The van der Waals surface area contributed by atoms with E-state index in [-0.39, 0.29) is 15.5 Å². The van der Waals surface area contributed by atoms with Gasteiger partial charge in [0.25, 0.3) is 10.0 Å². The van der Waals surface area contributed by atoms with Crippen molar-refractivity contribution >= 4 is 27.0 Å². The molecule has 0 fully saturated rings. The molecule has 2 aromatic heterocycles. The van der Waals surface area contributed by atoms with Gasteiger partial charge in [0.2, 0.25) is 5.76 Å². The molecule has 0 atom stereocenters. The van der Waals surface area contributed by atoms with Crippen molar-refractivity contribution in [1.82, 2.24) is 5.16 Å². The topological polar surface area (TPSA) is 72.2 Å². The molecule has 0 radical (unpaired) electrons. The number of aryl methyl sites for hydroxylation is 3. The van der Waals surface area contributed by atoms with Crippen LogP contribution in [0.3, 0.4) is 0 Å². The first-order valence-electron chi connectivity index (χ1n) is 7.72. The van der Waals surface area contributed by atoms with Crippen LogP contribution in [0.25, 0.3) is 10.6 Å². The molecule has 10 heteroatoms. The molecule has 0 amide bonds. The van der Waals surface area contributed by atoms with Gasteiger partial charge in [-0.15, -0.1) is 11.3 Å². The lowest BCUT2D eigenvalue weighted by molar-refractivity contribution is -0.155. The maximum absolute atomic E-state index is 12.7. The molecule has 3 rings (SSSR count). The summed E-state index contributed by atoms with van der Waals surface area (Å²) < 4.78 is 70.3. The molecule has 0 saturated carbocycles. The Balaban J connectivity index is 1.94. The third kappa shape index (κ3) is 4.01. The Bertz CT molecular complexity index is 1100. The van der Waals surface area contributed by atoms with Crippen LogP contribution in [0.15, 0.2) is 39.8 Å². The van der Waals surface area contributed by atoms with Gasteiger partial charge < -0.3 is 4.52 Å². The average molecular weight is 416 g/mol. The lowest BCUT2D eigenvalue weighted by Crippen LogP contribution is -2.14. The van der Waals surface area contributed by atoms with Crippen molar-refractivity contribution in [3.8, 4) is 10.6 Å². The fourth-order valence-electron chi connectivity index (χ4n) is 2.51. The highest BCUT2D eigenvalue weighted by Gasteiger charge is 2.36. The first-order chi connectivity index (χ1) is 12.5. The standard InChI is InChI=1S/C17H15F3N2O3S2/c1-9-4-5-12(10(2)6-9)22-27(23,24)15-8-14(26-11(15)3)13-7-16(25-21-13)17(18,19)20/h4-8,22H,1-3H3. The minimum Gasteiger partial charge on any atom is -0.351 e. The SMILES string of the molecule is Cc1ccc(NS(=O)(=O)c2cc(-c3cc(C(F)(F)F)on3)sc2C)c(C)c1. The van der Waals surface area contributed by atoms with E-state index in [2.05, 4.69) is 14.4 Å². The normalized spacial score (nSPS) is 12.4. The van der Waals surface area contributed by atoms with Gasteiger partial charge in [-0.05, 0) is 38.5 Å². The van der Waals surface area contributed by atoms with Crippen LogP contribution in [0.4, 0.5) is 18.9 Å². The van der Waals surface area contributed by atoms with Crippen LogP contribution in [0.1, 0.15) is 21.8 Å². The Kier molecular flexibility index (Phi) is 4.81. The van der Waals surface area contributed by atoms with Gasteiger partial charge >= 0.3 is 6.18 Å². The zero-order valence-electron chi connectivity index (χ0n) is 14.5. The average Bonchev–Trinajstić information content (AvgIpc) is 3.16. The summed E-state index contributed by atoms with van der Waals surface area (Å²) in [5.74, 6) is -1.23. The summed E-state index contributed by atoms with van der Waals surface area (Å²) in [6.07, 6.45) is -4.66. The van der Waals surface area contributed by atoms with Crippen LogP contribution in [-0.2, 0) is 16.2 Å². The first kappa shape index (κ1) is 19.4. The van der Waals surface area contributed by atoms with Gasteiger partial charge in [0, 0.05) is 10.9 Å². The Morgan fingerprint density at radius 1 is 1.11 bits per heavy atom. The highest BCUT2D eigenvalue weighted by atomic mass is 32.2. The Labute approximate surface area is 157 Å². The van der Waals surface area contributed by atoms with Crippen molar-refractivity contribution in [2.24, 2.45) is 0 Å². The summed E-state index contributed by atoms with van der Waals surface area (Å²) in [7, 11) is -3.91. The van der Waals surface area contributed by atoms with Gasteiger partial charge in [-0.25, -0.2) is 8.42 Å². The molecule has 2 heterocycles. The Morgan fingerprint density at radius 3 is 2.41 bits per heavy atom. The second-order valence-electron chi connectivity index (χ2n) is 6.03. The van der Waals surface area contributed by atoms with Crippen LogP contribution in [0.2, 0.25) is 0 Å². The summed E-state index contributed by atoms with van der Waals surface area (Å²) in [5, 5.41) is 3.40. The molecule has 1 N–H and O–H groups in total. The van der Waals surface area contributed by atoms with Crippen LogP contribution < -0.4 is 4.72 Å². The summed E-state index contributed by atoms with van der Waals surface area (Å²) in [5.41, 5.74) is 2.13. The van der Waals surface area contributed by atoms with E-state index in [0.29, 0.717) is 10.6 Å². The second-order valence-corrected chi connectivity index (χ2v) is 8.94. The quantitative estimate of drug-likeness (QED) is 0.639. The number of alkyl halides is 3. The highest BCUT2D eigenvalue weighted by Crippen LogP contribution is 2.37. The van der Waals surface area contributed by atoms with Crippen molar-refractivity contribution in [3.05, 3.63) is 52.1 Å². The Morgan fingerprint density at radius 2 is 1.81 bits per heavy atom. The van der Waals surface area contributed by atoms with Crippen LogP contribution in [0, 0.1) is 20.8 Å². The molecule has 27 heavy (non-hydrogen) atoms. The van der Waals surface area contributed by atoms with E-state index in [9.17, 15) is 21.6 Å². The summed E-state index contributed by atoms with van der Waals surface area (Å²) in [4.78, 5) is 0.686. The maximum Gasteiger partial charge on any atom is 0.452 e. The van der Waals surface area contributed by atoms with Crippen LogP contribution >= 0.6 is 11.3 Å². The minimum atomic E-state index is -4.66. The van der Waals surface area contributed by atoms with Gasteiger partial charge in [0.15, 0.2) is 0 Å². The van der Waals surface area contributed by atoms with E-state index in [1.165, 1.54) is 6.07 Å². The monoisotopic (exact) mass is 416 g/mol. The molecular weight excluding hydrogens is 401 g/mol. The largest absolute Gasteiger partial charge is 0.452 e. The second kappa shape index (κ2) is 6.68. The zero-order valence-corrected chi connectivity index (χ0v) is 16.1. The molecule has 0 aliphatic heterocycles. The first-order valence-corrected chi connectivity index (χ1v) is 10.0. The number of hydrogen-bond donors (Lipinski definition) is 1. The lowest BCUT2D eigenvalue weighted by Gasteiger charge is -2.10. The predicted octanol–water partition coefficient (Wildman–Crippen LogP) is 5.15. The van der Waals surface area contributed by atoms with Crippen molar-refractivity contribution in [1.29, 1.82) is 0 Å². The predicted molar refractivity (Wildman–Crippen MR) is 96.3 cm³/mol. The molecule has 5 nitrogen and oxygen atoms in total. The van der Waals surface area contributed by atoms with Crippen molar-refractivity contribution in [2.45, 2.75) is 31.8 Å². The number of nitrogens with one attached hydrogen (secondary N) is 1. The van der Waals surface area contributed by atoms with Crippen molar-refractivity contribution < 1.29 is 26.1 Å². The molecule has 0 bridgehead atoms. The van der Waals surface area contributed by atoms with E-state index >= 15 is 0 Å². The molecule has 0 spiro atoms. The van der Waals surface area contributed by atoms with E-state index in [1.54, 1.807) is 26.0 Å². The molecule has 0 unspecified atom stereocenters. The smallest absolute Gasteiger partial charge is 0.351 e. The number of rotatable bonds is 4. The Hall–Kier alpha value is -2.33. The molecule has 0 aliphatic carbocycles. The number of aromatic nitrogens is 1. The van der Waals surface area contributed by atoms with Gasteiger partial charge in [0.05, 0.1) is 10.6 Å². The van der Waals surface area contributed by atoms with Gasteiger partial charge in [-0.2, -0.15) is 13.2 Å². The number of thiophene rings is 1. The molecule has 1 aromatic carbocycles. The van der Waals surface area contributed by atoms with E-state index in [4.69, 9.17) is 0 Å². The summed E-state index contributed by atoms with van der Waals surface area (Å²) in [6, 6.07) is 7.34. The van der Waals surface area contributed by atoms with E-state index in [0.717, 1.165) is 28.5 Å². The number of anilines is 1. The third-order valence-electron chi connectivity index (χ3n) is 3.83. The minimum absolute atomic E-state index is 0.0148.